The lowest BCUT2D eigenvalue weighted by Gasteiger charge is -2.17. The Hall–Kier alpha value is -1.23. The van der Waals surface area contributed by atoms with Crippen LogP contribution in [0.1, 0.15) is 11.1 Å². The monoisotopic (exact) mass is 234 g/mol. The molecule has 1 rings (SSSR count). The van der Waals surface area contributed by atoms with E-state index in [1.54, 1.807) is 25.1 Å². The van der Waals surface area contributed by atoms with Crippen LogP contribution in [0.5, 0.6) is 5.75 Å². The quantitative estimate of drug-likeness (QED) is 0.870. The molecule has 1 aromatic rings. The van der Waals surface area contributed by atoms with Crippen LogP contribution in [-0.4, -0.2) is 24.5 Å². The zero-order valence-corrected chi connectivity index (χ0v) is 9.01. The van der Waals surface area contributed by atoms with Crippen LogP contribution in [-0.2, 0) is 6.42 Å². The molecule has 1 atom stereocenters. The maximum Gasteiger partial charge on any atom is 0.414 e. The second kappa shape index (κ2) is 4.74. The Kier molecular flexibility index (Phi) is 3.80. The molecule has 0 aliphatic rings. The first-order chi connectivity index (χ1) is 7.36. The summed E-state index contributed by atoms with van der Waals surface area (Å²) in [4.78, 5) is 0. The van der Waals surface area contributed by atoms with Crippen LogP contribution in [0.2, 0.25) is 0 Å². The zero-order chi connectivity index (χ0) is 12.3. The van der Waals surface area contributed by atoms with E-state index in [0.717, 1.165) is 0 Å². The highest BCUT2D eigenvalue weighted by Crippen LogP contribution is 2.28. The highest BCUT2D eigenvalue weighted by Gasteiger charge is 2.38. The highest BCUT2D eigenvalue weighted by molar-refractivity contribution is 5.40. The Labute approximate surface area is 91.7 Å². The third kappa shape index (κ3) is 2.88. The summed E-state index contributed by atoms with van der Waals surface area (Å²) >= 11 is 0. The number of rotatable bonds is 3. The van der Waals surface area contributed by atoms with Crippen molar-refractivity contribution in [1.29, 1.82) is 0 Å². The Balaban J connectivity index is 2.96. The van der Waals surface area contributed by atoms with Crippen molar-refractivity contribution in [3.63, 3.8) is 0 Å². The van der Waals surface area contributed by atoms with Crippen LogP contribution < -0.4 is 4.74 Å². The van der Waals surface area contributed by atoms with Gasteiger partial charge in [0.25, 0.3) is 0 Å². The van der Waals surface area contributed by atoms with Crippen molar-refractivity contribution >= 4 is 0 Å². The summed E-state index contributed by atoms with van der Waals surface area (Å²) in [5.41, 5.74) is 1.05. The molecule has 0 fully saturated rings. The number of hydrogen-bond acceptors (Lipinski definition) is 2. The van der Waals surface area contributed by atoms with E-state index in [-0.39, 0.29) is 0 Å². The van der Waals surface area contributed by atoms with Gasteiger partial charge in [-0.25, -0.2) is 0 Å². The first kappa shape index (κ1) is 12.8. The molecule has 2 nitrogen and oxygen atoms in total. The van der Waals surface area contributed by atoms with Gasteiger partial charge in [0.15, 0.2) is 6.10 Å². The SMILES string of the molecule is COc1cccc(C)c1CC(O)C(F)(F)F. The molecule has 0 aromatic heterocycles. The third-order valence-corrected chi connectivity index (χ3v) is 2.36. The molecule has 0 amide bonds. The van der Waals surface area contributed by atoms with E-state index in [4.69, 9.17) is 9.84 Å². The highest BCUT2D eigenvalue weighted by atomic mass is 19.4. The predicted octanol–water partition coefficient (Wildman–Crippen LogP) is 2.47. The van der Waals surface area contributed by atoms with Gasteiger partial charge in [-0.1, -0.05) is 12.1 Å². The number of aliphatic hydroxyl groups is 1. The lowest BCUT2D eigenvalue weighted by Crippen LogP contribution is -2.30. The maximum absolute atomic E-state index is 12.2. The Morgan fingerprint density at radius 3 is 2.50 bits per heavy atom. The molecule has 5 heteroatoms. The first-order valence-corrected chi connectivity index (χ1v) is 4.73. The number of methoxy groups -OCH3 is 1. The second-order valence-corrected chi connectivity index (χ2v) is 3.52. The molecule has 16 heavy (non-hydrogen) atoms. The first-order valence-electron chi connectivity index (χ1n) is 4.73. The van der Waals surface area contributed by atoms with E-state index >= 15 is 0 Å². The summed E-state index contributed by atoms with van der Waals surface area (Å²) in [5, 5.41) is 9.00. The van der Waals surface area contributed by atoms with Crippen LogP contribution in [0.3, 0.4) is 0 Å². The van der Waals surface area contributed by atoms with Crippen LogP contribution in [0.15, 0.2) is 18.2 Å². The summed E-state index contributed by atoms with van der Waals surface area (Å²) in [7, 11) is 1.39. The van der Waals surface area contributed by atoms with Gasteiger partial charge < -0.3 is 9.84 Å². The third-order valence-electron chi connectivity index (χ3n) is 2.36. The number of hydrogen-bond donors (Lipinski definition) is 1. The molecule has 0 spiro atoms. The number of aryl methyl sites for hydroxylation is 1. The van der Waals surface area contributed by atoms with E-state index in [2.05, 4.69) is 0 Å². The van der Waals surface area contributed by atoms with Gasteiger partial charge in [-0.05, 0) is 24.1 Å². The summed E-state index contributed by atoms with van der Waals surface area (Å²) < 4.78 is 41.6. The van der Waals surface area contributed by atoms with E-state index in [0.29, 0.717) is 16.9 Å². The maximum atomic E-state index is 12.2. The van der Waals surface area contributed by atoms with E-state index in [1.807, 2.05) is 0 Å². The molecule has 0 heterocycles. The number of halogens is 3. The lowest BCUT2D eigenvalue weighted by molar-refractivity contribution is -0.203. The fourth-order valence-corrected chi connectivity index (χ4v) is 1.44. The Morgan fingerprint density at radius 1 is 1.38 bits per heavy atom. The van der Waals surface area contributed by atoms with Crippen LogP contribution in [0, 0.1) is 6.92 Å². The van der Waals surface area contributed by atoms with Crippen molar-refractivity contribution in [1.82, 2.24) is 0 Å². The fourth-order valence-electron chi connectivity index (χ4n) is 1.44. The van der Waals surface area contributed by atoms with Gasteiger partial charge in [0.2, 0.25) is 0 Å². The van der Waals surface area contributed by atoms with Crippen LogP contribution >= 0.6 is 0 Å². The minimum Gasteiger partial charge on any atom is -0.496 e. The summed E-state index contributed by atoms with van der Waals surface area (Å²) in [5.74, 6) is 0.364. The Bertz CT molecular complexity index is 361. The van der Waals surface area contributed by atoms with Gasteiger partial charge >= 0.3 is 6.18 Å². The molecule has 0 radical (unpaired) electrons. The van der Waals surface area contributed by atoms with Crippen LogP contribution in [0.25, 0.3) is 0 Å². The van der Waals surface area contributed by atoms with Crippen molar-refractivity contribution in [3.05, 3.63) is 29.3 Å². The smallest absolute Gasteiger partial charge is 0.414 e. The van der Waals surface area contributed by atoms with Gasteiger partial charge in [0.1, 0.15) is 5.75 Å². The van der Waals surface area contributed by atoms with E-state index in [1.165, 1.54) is 7.11 Å². The largest absolute Gasteiger partial charge is 0.496 e. The molecule has 0 bridgehead atoms. The van der Waals surface area contributed by atoms with Crippen molar-refractivity contribution in [2.75, 3.05) is 7.11 Å². The second-order valence-electron chi connectivity index (χ2n) is 3.52. The van der Waals surface area contributed by atoms with Crippen LogP contribution in [0.4, 0.5) is 13.2 Å². The molecular weight excluding hydrogens is 221 g/mol. The van der Waals surface area contributed by atoms with Crippen molar-refractivity contribution < 1.29 is 23.0 Å². The summed E-state index contributed by atoms with van der Waals surface area (Å²) in [6.45, 7) is 1.68. The average molecular weight is 234 g/mol. The molecule has 0 aliphatic carbocycles. The molecule has 0 aliphatic heterocycles. The Morgan fingerprint density at radius 2 is 2.00 bits per heavy atom. The molecule has 0 saturated carbocycles. The van der Waals surface area contributed by atoms with Gasteiger partial charge in [0.05, 0.1) is 7.11 Å². The number of benzene rings is 1. The molecule has 1 N–H and O–H groups in total. The zero-order valence-electron chi connectivity index (χ0n) is 9.01. The summed E-state index contributed by atoms with van der Waals surface area (Å²) in [6.07, 6.45) is -7.45. The van der Waals surface area contributed by atoms with Gasteiger partial charge in [-0.2, -0.15) is 13.2 Å². The number of ether oxygens (including phenoxy) is 1. The standard InChI is InChI=1S/C11H13F3O2/c1-7-4-3-5-9(16-2)8(7)6-10(15)11(12,13)14/h3-5,10,15H,6H2,1-2H3. The molecular formula is C11H13F3O2. The summed E-state index contributed by atoms with van der Waals surface area (Å²) in [6, 6.07) is 4.95. The fraction of sp³-hybridized carbons (Fsp3) is 0.455. The number of aliphatic hydroxyl groups excluding tert-OH is 1. The van der Waals surface area contributed by atoms with E-state index in [9.17, 15) is 13.2 Å². The predicted molar refractivity (Wildman–Crippen MR) is 53.5 cm³/mol. The van der Waals surface area contributed by atoms with Gasteiger partial charge in [-0.3, -0.25) is 0 Å². The normalized spacial score (nSPS) is 13.6. The molecule has 90 valence electrons. The van der Waals surface area contributed by atoms with Crippen molar-refractivity contribution in [2.24, 2.45) is 0 Å². The lowest BCUT2D eigenvalue weighted by atomic mass is 10.0. The van der Waals surface area contributed by atoms with Crippen molar-refractivity contribution in [3.8, 4) is 5.75 Å². The minimum atomic E-state index is -4.60. The van der Waals surface area contributed by atoms with Gasteiger partial charge in [0, 0.05) is 6.42 Å². The van der Waals surface area contributed by atoms with Crippen molar-refractivity contribution in [2.45, 2.75) is 25.6 Å². The van der Waals surface area contributed by atoms with E-state index < -0.39 is 18.7 Å². The average Bonchev–Trinajstić information content (AvgIpc) is 2.19. The molecule has 1 unspecified atom stereocenters. The molecule has 1 aromatic carbocycles. The molecule has 0 saturated heterocycles. The van der Waals surface area contributed by atoms with Gasteiger partial charge in [-0.15, -0.1) is 0 Å². The minimum absolute atomic E-state index is 0.364. The number of alkyl halides is 3. The topological polar surface area (TPSA) is 29.5 Å².